The van der Waals surface area contributed by atoms with Gasteiger partial charge < -0.3 is 154 Å². The van der Waals surface area contributed by atoms with E-state index < -0.39 is 358 Å². The van der Waals surface area contributed by atoms with Gasteiger partial charge in [-0.05, 0) is 155 Å². The van der Waals surface area contributed by atoms with Crippen LogP contribution < -0.4 is 113 Å². The van der Waals surface area contributed by atoms with E-state index in [0.717, 1.165) is 11.8 Å². The van der Waals surface area contributed by atoms with Gasteiger partial charge in [-0.1, -0.05) is 50.6 Å². The molecule has 1 aliphatic rings. The highest BCUT2D eigenvalue weighted by molar-refractivity contribution is 7.98. The zero-order valence-corrected chi connectivity index (χ0v) is 84.0. The monoisotopic (exact) mass is 2090 g/mol. The number of hydrogen-bond acceptors (Lipinski definition) is 31. The maximum Gasteiger partial charge on any atom is 0.326 e. The molecule has 57 heteroatoms. The van der Waals surface area contributed by atoms with E-state index in [-0.39, 0.29) is 63.7 Å². The lowest BCUT2D eigenvalue weighted by Crippen LogP contribution is -2.61. The van der Waals surface area contributed by atoms with Gasteiger partial charge in [-0.3, -0.25) is 120 Å². The van der Waals surface area contributed by atoms with E-state index in [0.29, 0.717) is 11.3 Å². The molecule has 0 aromatic heterocycles. The lowest BCUT2D eigenvalue weighted by molar-refractivity contribution is -0.145. The van der Waals surface area contributed by atoms with E-state index in [4.69, 9.17) is 17.2 Å². The summed E-state index contributed by atoms with van der Waals surface area (Å²) in [5, 5.41) is 111. The number of carbonyl (C=O) groups excluding carboxylic acids is 21. The van der Waals surface area contributed by atoms with Crippen LogP contribution in [0.1, 0.15) is 184 Å². The summed E-state index contributed by atoms with van der Waals surface area (Å²) in [6.07, 6.45) is -6.29. The zero-order valence-electron chi connectivity index (χ0n) is 82.4. The number of aliphatic carboxylic acids is 5. The molecule has 1 aliphatic heterocycles. The molecule has 31 N–H and O–H groups in total. The van der Waals surface area contributed by atoms with Crippen LogP contribution in [0.4, 0.5) is 0 Å². The average molecular weight is 2100 g/mol. The molecule has 1 aromatic carbocycles. The van der Waals surface area contributed by atoms with Gasteiger partial charge in [-0.25, -0.2) is 4.79 Å². The number of thioether (sulfide) groups is 2. The van der Waals surface area contributed by atoms with Gasteiger partial charge in [-0.15, -0.1) is 0 Å². The number of carboxylic acid groups (broad SMARTS) is 5. The predicted octanol–water partition coefficient (Wildman–Crippen LogP) is -9.59. The summed E-state index contributed by atoms with van der Waals surface area (Å²) >= 11 is 2.59. The molecule has 0 spiro atoms. The Morgan fingerprint density at radius 1 is 0.352 bits per heavy atom. The number of aliphatic hydroxyl groups is 2. The molecule has 21 amide bonds. The molecule has 1 aromatic rings. The second-order valence-electron chi connectivity index (χ2n) is 34.6. The van der Waals surface area contributed by atoms with E-state index in [1.165, 1.54) is 85.8 Å². The quantitative estimate of drug-likeness (QED) is 0.0288. The van der Waals surface area contributed by atoms with Gasteiger partial charge in [0.15, 0.2) is 0 Å². The highest BCUT2D eigenvalue weighted by atomic mass is 32.2. The summed E-state index contributed by atoms with van der Waals surface area (Å²) in [6, 6.07) is -23.8. The summed E-state index contributed by atoms with van der Waals surface area (Å²) in [5.41, 5.74) is 17.1. The number of nitrogens with two attached hydrogens (primary N) is 3. The van der Waals surface area contributed by atoms with Crippen LogP contribution in [0, 0.1) is 5.92 Å². The van der Waals surface area contributed by atoms with Crippen LogP contribution in [0.3, 0.4) is 0 Å². The van der Waals surface area contributed by atoms with Gasteiger partial charge in [0.05, 0.1) is 18.8 Å². The molecule has 0 aliphatic carbocycles. The molecule has 810 valence electrons. The number of nitrogens with one attached hydrogen (secondary N) is 18. The fourth-order valence-corrected chi connectivity index (χ4v) is 14.7. The van der Waals surface area contributed by atoms with Crippen LogP contribution in [-0.4, -0.2) is 359 Å². The number of carboxylic acids is 5. The molecule has 55 nitrogen and oxygen atoms in total. The molecule has 0 bridgehead atoms. The second kappa shape index (κ2) is 64.6. The summed E-state index contributed by atoms with van der Waals surface area (Å²) in [4.78, 5) is 346. The van der Waals surface area contributed by atoms with E-state index in [2.05, 4.69) is 95.7 Å². The fraction of sp³-hybridized carbons (Fsp3) is 0.636. The van der Waals surface area contributed by atoms with Crippen molar-refractivity contribution in [3.8, 4) is 0 Å². The number of amides is 21. The van der Waals surface area contributed by atoms with E-state index in [9.17, 15) is 160 Å². The molecular formula is C88H138N22O33S2. The summed E-state index contributed by atoms with van der Waals surface area (Å²) in [6.45, 7) is 11.1. The van der Waals surface area contributed by atoms with Gasteiger partial charge >= 0.3 is 29.8 Å². The first-order valence-electron chi connectivity index (χ1n) is 46.4. The minimum Gasteiger partial charge on any atom is -0.481 e. The standard InChI is InChI=1S/C88H138N22O33S2/c1-13-40(2)67(108-82(136)51(21-27-61(90)113)100-80(134)54(25-31-65(119)120)102-79(133)53(24-30-64(117)118)99-73(127)45(7)96-76(130)50(89)33-36-144-11)86(140)104-55(26-32-66(121)122)81(135)101-52(23-29-63(115)116)77(131)98-46(8)74(128)107-59(39-111)84(138)103-56(34-37-145-12)78(132)97-44(6)72(126)94-42(4)70(124)92-41(3)69(123)93-43(5)71(125)95-47(9)75(129)109-68(48(10)112)87(141)110-35-17-20-60(110)85(139)106-58(38-49-18-15-14-16-19-49)83(137)105-57(88(142)143)22-28-62(91)114/h14-16,18-19,40-48,50-60,67-68,111-112H,13,17,20-39,89H2,1-12H3,(H2,90,113)(H2,91,114)(H,92,124)(H,93,123)(H,94,126)(H,95,125)(H,96,130)(H,97,132)(H,98,131)(H,99,127)(H,100,134)(H,101,135)(H,102,133)(H,103,138)(H,104,140)(H,105,137)(H,106,139)(H,107,128)(H,108,136)(H,109,129)(H,115,116)(H,117,118)(H,119,120)(H,121,122)(H,142,143)/t40-,41-,42-,43-,44-,45-,46-,47-,48+,50-,51-,52-,53-,54-,55-,56-,57-,58-,59-,60-,67-,68-/m0/s1. The van der Waals surface area contributed by atoms with Gasteiger partial charge in [0.1, 0.15) is 115 Å². The number of carbonyl (C=O) groups is 26. The zero-order chi connectivity index (χ0) is 110. The summed E-state index contributed by atoms with van der Waals surface area (Å²) in [7, 11) is 0. The number of likely N-dealkylation sites (tertiary alicyclic amines) is 1. The Morgan fingerprint density at radius 2 is 0.641 bits per heavy atom. The van der Waals surface area contributed by atoms with Gasteiger partial charge in [0.2, 0.25) is 124 Å². The third kappa shape index (κ3) is 46.5. The molecule has 22 atom stereocenters. The van der Waals surface area contributed by atoms with E-state index >= 15 is 0 Å². The number of hydrogen-bond donors (Lipinski definition) is 28. The first kappa shape index (κ1) is 127. The van der Waals surface area contributed by atoms with Crippen molar-refractivity contribution in [3.63, 3.8) is 0 Å². The van der Waals surface area contributed by atoms with Crippen LogP contribution in [0.5, 0.6) is 0 Å². The van der Waals surface area contributed by atoms with Crippen LogP contribution in [0.25, 0.3) is 0 Å². The first-order valence-corrected chi connectivity index (χ1v) is 49.2. The number of primary amides is 2. The maximum atomic E-state index is 14.5. The van der Waals surface area contributed by atoms with Crippen molar-refractivity contribution in [1.29, 1.82) is 0 Å². The van der Waals surface area contributed by atoms with Crippen LogP contribution in [0.15, 0.2) is 30.3 Å². The van der Waals surface area contributed by atoms with Crippen LogP contribution in [-0.2, 0) is 131 Å². The largest absolute Gasteiger partial charge is 0.481 e. The van der Waals surface area contributed by atoms with Crippen molar-refractivity contribution in [2.45, 2.75) is 312 Å². The summed E-state index contributed by atoms with van der Waals surface area (Å²) < 4.78 is 0. The smallest absolute Gasteiger partial charge is 0.326 e. The van der Waals surface area contributed by atoms with Crippen molar-refractivity contribution in [3.05, 3.63) is 35.9 Å². The fourth-order valence-electron chi connectivity index (χ4n) is 13.7. The Balaban J connectivity index is 2.23. The highest BCUT2D eigenvalue weighted by Gasteiger charge is 2.44. The number of nitrogens with zero attached hydrogens (tertiary/aromatic N) is 1. The predicted molar refractivity (Wildman–Crippen MR) is 514 cm³/mol. The van der Waals surface area contributed by atoms with E-state index in [1.54, 1.807) is 42.8 Å². The van der Waals surface area contributed by atoms with Crippen molar-refractivity contribution in [2.75, 3.05) is 37.2 Å². The normalized spacial score (nSPS) is 16.4. The Labute approximate surface area is 842 Å². The third-order valence-electron chi connectivity index (χ3n) is 22.6. The lowest BCUT2D eigenvalue weighted by Gasteiger charge is -2.31. The molecule has 0 unspecified atom stereocenters. The second-order valence-corrected chi connectivity index (χ2v) is 36.5. The topological polar surface area (TPSA) is 883 Å². The summed E-state index contributed by atoms with van der Waals surface area (Å²) in [5.74, 6) is -30.2. The maximum absolute atomic E-state index is 14.5. The minimum atomic E-state index is -1.97. The average Bonchev–Trinajstić information content (AvgIpc) is 1.69. The SMILES string of the molecule is CC[C@H](C)[C@H](NC(=O)[C@H](CCC(N)=O)NC(=O)[C@H](CCC(=O)O)NC(=O)[C@H](CCC(=O)O)NC(=O)[C@H](C)NC(=O)[C@@H](N)CCSC)C(=O)N[C@@H](CCC(=O)O)C(=O)N[C@@H](CCC(=O)O)C(=O)N[C@@H](C)C(=O)N[C@@H](CO)C(=O)N[C@@H](CCSC)C(=O)N[C@@H](C)C(=O)N[C@@H](C)C(=O)N[C@@H](C)C(=O)N[C@@H](C)C(=O)N[C@@H](C)C(=O)N[C@H](C(=O)N1CCC[C@H]1C(=O)N[C@@H](Cc1ccccc1)C(=O)N[C@@H](CCC(N)=O)C(=O)O)[C@@H](C)O. The third-order valence-corrected chi connectivity index (χ3v) is 23.9. The van der Waals surface area contributed by atoms with Crippen molar-refractivity contribution >= 4 is 177 Å². The van der Waals surface area contributed by atoms with Crippen LogP contribution in [0.2, 0.25) is 0 Å². The number of rotatable bonds is 68. The Hall–Kier alpha value is -14.0. The molecule has 0 radical (unpaired) electrons. The molecule has 1 fully saturated rings. The minimum absolute atomic E-state index is 0.0339. The first-order chi connectivity index (χ1) is 67.9. The number of aliphatic hydroxyl groups excluding tert-OH is 2. The van der Waals surface area contributed by atoms with Gasteiger partial charge in [0.25, 0.3) is 0 Å². The molecule has 1 saturated heterocycles. The molecular weight excluding hydrogens is 1960 g/mol. The van der Waals surface area contributed by atoms with Crippen molar-refractivity contribution in [1.82, 2.24) is 101 Å². The van der Waals surface area contributed by atoms with Gasteiger partial charge in [-0.2, -0.15) is 23.5 Å². The lowest BCUT2D eigenvalue weighted by atomic mass is 9.96. The molecule has 0 saturated carbocycles. The molecule has 2 rings (SSSR count). The van der Waals surface area contributed by atoms with Crippen molar-refractivity contribution in [2.24, 2.45) is 23.1 Å². The Morgan fingerprint density at radius 3 is 1.00 bits per heavy atom. The van der Waals surface area contributed by atoms with E-state index in [1.807, 2.05) is 0 Å². The van der Waals surface area contributed by atoms with Gasteiger partial charge in [0, 0.05) is 51.5 Å². The highest BCUT2D eigenvalue weighted by Crippen LogP contribution is 2.22. The van der Waals surface area contributed by atoms with Crippen molar-refractivity contribution < 1.29 is 160 Å². The molecule has 1 heterocycles. The van der Waals surface area contributed by atoms with Crippen LogP contribution >= 0.6 is 23.5 Å². The Bertz CT molecular complexity index is 4730. The molecule has 145 heavy (non-hydrogen) atoms. The Kier molecular flexibility index (Phi) is 56.6. The number of benzene rings is 1.